The fourth-order valence-electron chi connectivity index (χ4n) is 4.34. The lowest BCUT2D eigenvalue weighted by Gasteiger charge is -2.35. The average Bonchev–Trinajstić information content (AvgIpc) is 2.92. The Labute approximate surface area is 155 Å². The number of fused-ring (bicyclic) bond motifs is 1. The van der Waals surface area contributed by atoms with Gasteiger partial charge in [0, 0.05) is 37.1 Å². The molecule has 4 nitrogen and oxygen atoms in total. The average molecular weight is 348 g/mol. The molecule has 0 radical (unpaired) electrons. The van der Waals surface area contributed by atoms with Gasteiger partial charge in [-0.3, -0.25) is 4.90 Å². The Morgan fingerprint density at radius 2 is 1.73 bits per heavy atom. The number of benzene rings is 1. The molecule has 0 saturated carbocycles. The highest BCUT2D eigenvalue weighted by Gasteiger charge is 2.24. The first-order valence-corrected chi connectivity index (χ1v) is 9.55. The number of nitrogen functional groups attached to an aromatic ring is 1. The van der Waals surface area contributed by atoms with Crippen LogP contribution in [0.2, 0.25) is 0 Å². The van der Waals surface area contributed by atoms with Crippen molar-refractivity contribution in [3.8, 4) is 11.3 Å². The molecule has 2 atom stereocenters. The number of aryl methyl sites for hydroxylation is 1. The Morgan fingerprint density at radius 3 is 2.42 bits per heavy atom. The lowest BCUT2D eigenvalue weighted by molar-refractivity contribution is 0.133. The molecule has 2 aromatic heterocycles. The SMILES string of the molecule is Cc1ccc(-c2nc3ccc(N)cn3c2CN2CC(C)CC(C)C2)cc1. The van der Waals surface area contributed by atoms with Crippen LogP contribution in [0.15, 0.2) is 42.6 Å². The van der Waals surface area contributed by atoms with Crippen molar-refractivity contribution in [1.29, 1.82) is 0 Å². The van der Waals surface area contributed by atoms with E-state index in [1.165, 1.54) is 23.2 Å². The van der Waals surface area contributed by atoms with Gasteiger partial charge in [0.15, 0.2) is 0 Å². The van der Waals surface area contributed by atoms with E-state index in [4.69, 9.17) is 10.7 Å². The van der Waals surface area contributed by atoms with Gasteiger partial charge in [0.1, 0.15) is 5.65 Å². The molecule has 1 aromatic carbocycles. The molecule has 1 aliphatic heterocycles. The summed E-state index contributed by atoms with van der Waals surface area (Å²) in [5, 5.41) is 0. The van der Waals surface area contributed by atoms with E-state index in [2.05, 4.69) is 54.3 Å². The fraction of sp³-hybridized carbons (Fsp3) is 0.409. The van der Waals surface area contributed by atoms with Gasteiger partial charge in [-0.05, 0) is 37.3 Å². The van der Waals surface area contributed by atoms with Crippen LogP contribution in [0.3, 0.4) is 0 Å². The topological polar surface area (TPSA) is 46.6 Å². The third kappa shape index (κ3) is 3.34. The van der Waals surface area contributed by atoms with Crippen LogP contribution in [0.5, 0.6) is 0 Å². The smallest absolute Gasteiger partial charge is 0.137 e. The van der Waals surface area contributed by atoms with Gasteiger partial charge in [0.25, 0.3) is 0 Å². The summed E-state index contributed by atoms with van der Waals surface area (Å²) >= 11 is 0. The molecule has 0 bridgehead atoms. The van der Waals surface area contributed by atoms with Gasteiger partial charge in [-0.1, -0.05) is 43.7 Å². The maximum atomic E-state index is 6.08. The van der Waals surface area contributed by atoms with Crippen molar-refractivity contribution in [1.82, 2.24) is 14.3 Å². The molecule has 0 aliphatic carbocycles. The van der Waals surface area contributed by atoms with Crippen molar-refractivity contribution >= 4 is 11.3 Å². The van der Waals surface area contributed by atoms with Crippen molar-refractivity contribution < 1.29 is 0 Å². The molecule has 26 heavy (non-hydrogen) atoms. The van der Waals surface area contributed by atoms with Crippen LogP contribution in [0, 0.1) is 18.8 Å². The van der Waals surface area contributed by atoms with Crippen molar-refractivity contribution in [3.05, 3.63) is 53.9 Å². The van der Waals surface area contributed by atoms with Crippen LogP contribution in [0.4, 0.5) is 5.69 Å². The number of anilines is 1. The van der Waals surface area contributed by atoms with Gasteiger partial charge >= 0.3 is 0 Å². The Balaban J connectivity index is 1.78. The zero-order valence-corrected chi connectivity index (χ0v) is 15.9. The number of likely N-dealkylation sites (tertiary alicyclic amines) is 1. The molecular weight excluding hydrogens is 320 g/mol. The third-order valence-electron chi connectivity index (χ3n) is 5.38. The first kappa shape index (κ1) is 17.1. The Kier molecular flexibility index (Phi) is 4.45. The number of rotatable bonds is 3. The highest BCUT2D eigenvalue weighted by molar-refractivity contribution is 5.67. The maximum absolute atomic E-state index is 6.08. The van der Waals surface area contributed by atoms with Crippen LogP contribution in [-0.2, 0) is 6.54 Å². The highest BCUT2D eigenvalue weighted by atomic mass is 15.2. The van der Waals surface area contributed by atoms with E-state index < -0.39 is 0 Å². The van der Waals surface area contributed by atoms with Crippen LogP contribution in [0.1, 0.15) is 31.5 Å². The second kappa shape index (κ2) is 6.76. The molecule has 136 valence electrons. The number of aromatic nitrogens is 2. The van der Waals surface area contributed by atoms with Crippen LogP contribution in [-0.4, -0.2) is 27.4 Å². The van der Waals surface area contributed by atoms with E-state index in [0.717, 1.165) is 48.5 Å². The molecule has 1 fully saturated rings. The van der Waals surface area contributed by atoms with E-state index >= 15 is 0 Å². The third-order valence-corrected chi connectivity index (χ3v) is 5.38. The minimum absolute atomic E-state index is 0.742. The Bertz CT molecular complexity index is 900. The number of piperidine rings is 1. The normalized spacial score (nSPS) is 21.3. The minimum Gasteiger partial charge on any atom is -0.398 e. The summed E-state index contributed by atoms with van der Waals surface area (Å²) in [6, 6.07) is 12.6. The summed E-state index contributed by atoms with van der Waals surface area (Å²) in [6.07, 6.45) is 3.33. The molecular formula is C22H28N4. The number of hydrogen-bond acceptors (Lipinski definition) is 3. The first-order valence-electron chi connectivity index (χ1n) is 9.55. The van der Waals surface area contributed by atoms with Gasteiger partial charge in [-0.25, -0.2) is 4.98 Å². The Hall–Kier alpha value is -2.33. The molecule has 3 heterocycles. The largest absolute Gasteiger partial charge is 0.398 e. The molecule has 4 heteroatoms. The van der Waals surface area contributed by atoms with Crippen molar-refractivity contribution in [2.75, 3.05) is 18.8 Å². The van der Waals surface area contributed by atoms with Crippen molar-refractivity contribution in [2.24, 2.45) is 11.8 Å². The van der Waals surface area contributed by atoms with Gasteiger partial charge in [-0.15, -0.1) is 0 Å². The van der Waals surface area contributed by atoms with E-state index in [0.29, 0.717) is 0 Å². The minimum atomic E-state index is 0.742. The quantitative estimate of drug-likeness (QED) is 0.764. The van der Waals surface area contributed by atoms with Crippen LogP contribution >= 0.6 is 0 Å². The number of nitrogens with two attached hydrogens (primary N) is 1. The second-order valence-electron chi connectivity index (χ2n) is 8.10. The highest BCUT2D eigenvalue weighted by Crippen LogP contribution is 2.29. The maximum Gasteiger partial charge on any atom is 0.137 e. The molecule has 3 aromatic rings. The molecule has 2 N–H and O–H groups in total. The van der Waals surface area contributed by atoms with Gasteiger partial charge in [0.05, 0.1) is 11.4 Å². The summed E-state index contributed by atoms with van der Waals surface area (Å²) in [6.45, 7) is 10.0. The molecule has 1 aliphatic rings. The zero-order chi connectivity index (χ0) is 18.3. The fourth-order valence-corrected chi connectivity index (χ4v) is 4.34. The molecule has 0 amide bonds. The predicted molar refractivity (Wildman–Crippen MR) is 108 cm³/mol. The molecule has 4 rings (SSSR count). The van der Waals surface area contributed by atoms with Crippen molar-refractivity contribution in [3.63, 3.8) is 0 Å². The molecule has 2 unspecified atom stereocenters. The summed E-state index contributed by atoms with van der Waals surface area (Å²) in [5.74, 6) is 1.48. The number of imidazole rings is 1. The lowest BCUT2D eigenvalue weighted by atomic mass is 9.92. The number of nitrogens with zero attached hydrogens (tertiary/aromatic N) is 3. The van der Waals surface area contributed by atoms with E-state index in [9.17, 15) is 0 Å². The van der Waals surface area contributed by atoms with E-state index in [1.54, 1.807) is 0 Å². The standard InChI is InChI=1S/C22H28N4/c1-15-4-6-18(7-5-15)22-20(14-25-11-16(2)10-17(3)12-25)26-13-19(23)8-9-21(26)24-22/h4-9,13,16-17H,10-12,14,23H2,1-3H3. The van der Waals surface area contributed by atoms with E-state index in [1.807, 2.05) is 18.3 Å². The lowest BCUT2D eigenvalue weighted by Crippen LogP contribution is -2.38. The summed E-state index contributed by atoms with van der Waals surface area (Å²) in [7, 11) is 0. The van der Waals surface area contributed by atoms with E-state index in [-0.39, 0.29) is 0 Å². The Morgan fingerprint density at radius 1 is 1.04 bits per heavy atom. The monoisotopic (exact) mass is 348 g/mol. The van der Waals surface area contributed by atoms with Gasteiger partial charge < -0.3 is 10.1 Å². The second-order valence-corrected chi connectivity index (χ2v) is 8.10. The number of pyridine rings is 1. The van der Waals surface area contributed by atoms with Crippen molar-refractivity contribution in [2.45, 2.75) is 33.7 Å². The molecule has 1 saturated heterocycles. The molecule has 0 spiro atoms. The predicted octanol–water partition coefficient (Wildman–Crippen LogP) is 4.37. The van der Waals surface area contributed by atoms with Gasteiger partial charge in [-0.2, -0.15) is 0 Å². The zero-order valence-electron chi connectivity index (χ0n) is 15.9. The summed E-state index contributed by atoms with van der Waals surface area (Å²) < 4.78 is 2.18. The van der Waals surface area contributed by atoms with Gasteiger partial charge in [0.2, 0.25) is 0 Å². The summed E-state index contributed by atoms with van der Waals surface area (Å²) in [4.78, 5) is 7.51. The number of hydrogen-bond donors (Lipinski definition) is 1. The van der Waals surface area contributed by atoms with Crippen LogP contribution < -0.4 is 5.73 Å². The van der Waals surface area contributed by atoms with Crippen LogP contribution in [0.25, 0.3) is 16.9 Å². The first-order chi connectivity index (χ1) is 12.5. The summed E-state index contributed by atoms with van der Waals surface area (Å²) in [5.41, 5.74) is 12.5.